The zero-order chi connectivity index (χ0) is 20.3. The van der Waals surface area contributed by atoms with Crippen LogP contribution < -0.4 is 5.73 Å². The summed E-state index contributed by atoms with van der Waals surface area (Å²) in [7, 11) is 0. The van der Waals surface area contributed by atoms with Gasteiger partial charge in [-0.3, -0.25) is 14.6 Å². The first kappa shape index (κ1) is 19.6. The second kappa shape index (κ2) is 7.97. The monoisotopic (exact) mass is 391 g/mol. The van der Waals surface area contributed by atoms with E-state index in [1.807, 2.05) is 41.3 Å². The summed E-state index contributed by atoms with van der Waals surface area (Å²) in [6.07, 6.45) is 8.05. The smallest absolute Gasteiger partial charge is 0.233 e. The molecule has 1 aliphatic carbocycles. The van der Waals surface area contributed by atoms with Crippen molar-refractivity contribution in [3.63, 3.8) is 0 Å². The minimum absolute atomic E-state index is 0.143. The van der Waals surface area contributed by atoms with Gasteiger partial charge in [0.15, 0.2) is 0 Å². The Bertz CT molecular complexity index is 862. The molecule has 2 aromatic rings. The lowest BCUT2D eigenvalue weighted by Gasteiger charge is -2.45. The molecule has 4 rings (SSSR count). The number of pyridine rings is 1. The number of hydrogen-bond acceptors (Lipinski definition) is 3. The first-order valence-corrected chi connectivity index (χ1v) is 10.6. The van der Waals surface area contributed by atoms with E-state index < -0.39 is 16.7 Å². The second-order valence-electron chi connectivity index (χ2n) is 8.50. The Morgan fingerprint density at radius 1 is 0.862 bits per heavy atom. The molecule has 2 aliphatic rings. The summed E-state index contributed by atoms with van der Waals surface area (Å²) in [5.41, 5.74) is 6.26. The summed E-state index contributed by atoms with van der Waals surface area (Å²) >= 11 is 0. The van der Waals surface area contributed by atoms with Gasteiger partial charge in [-0.15, -0.1) is 0 Å². The van der Waals surface area contributed by atoms with Crippen LogP contribution >= 0.6 is 0 Å². The molecule has 29 heavy (non-hydrogen) atoms. The standard InChI is InChI=1S/C24H29N3O2/c25-21(28)24(20-12-5-8-16-26-20)15-9-17-27(18-24)22(29)23(13-6-2-7-14-23)19-10-3-1-4-11-19/h1,3-5,8,10-12,16H,2,6-7,9,13-15,17-18H2,(H2,25,28). The maximum Gasteiger partial charge on any atom is 0.233 e. The number of aromatic nitrogens is 1. The van der Waals surface area contributed by atoms with Crippen molar-refractivity contribution in [2.75, 3.05) is 13.1 Å². The van der Waals surface area contributed by atoms with Crippen molar-refractivity contribution in [3.8, 4) is 0 Å². The molecule has 2 heterocycles. The lowest BCUT2D eigenvalue weighted by Crippen LogP contribution is -2.59. The molecule has 5 nitrogen and oxygen atoms in total. The van der Waals surface area contributed by atoms with Gasteiger partial charge in [-0.25, -0.2) is 0 Å². The molecular weight excluding hydrogens is 362 g/mol. The van der Waals surface area contributed by atoms with E-state index in [0.717, 1.165) is 37.7 Å². The number of piperidine rings is 1. The van der Waals surface area contributed by atoms with Gasteiger partial charge in [0.25, 0.3) is 0 Å². The molecule has 1 unspecified atom stereocenters. The third-order valence-corrected chi connectivity index (χ3v) is 6.85. The van der Waals surface area contributed by atoms with E-state index in [1.54, 1.807) is 6.20 Å². The SMILES string of the molecule is NC(=O)C1(c2ccccn2)CCCN(C(=O)C2(c3ccccc3)CCCCC2)C1. The molecule has 0 radical (unpaired) electrons. The zero-order valence-corrected chi connectivity index (χ0v) is 16.8. The molecule has 2 amide bonds. The van der Waals surface area contributed by atoms with E-state index in [4.69, 9.17) is 5.73 Å². The van der Waals surface area contributed by atoms with Gasteiger partial charge < -0.3 is 10.6 Å². The summed E-state index contributed by atoms with van der Waals surface area (Å²) < 4.78 is 0. The Labute approximate surface area is 172 Å². The van der Waals surface area contributed by atoms with Gasteiger partial charge in [0, 0.05) is 19.3 Å². The van der Waals surface area contributed by atoms with E-state index in [1.165, 1.54) is 6.42 Å². The molecule has 1 aromatic carbocycles. The minimum Gasteiger partial charge on any atom is -0.369 e. The van der Waals surface area contributed by atoms with Crippen LogP contribution in [0.1, 0.15) is 56.2 Å². The molecule has 1 saturated carbocycles. The minimum atomic E-state index is -0.915. The lowest BCUT2D eigenvalue weighted by atomic mass is 9.67. The molecule has 1 aromatic heterocycles. The summed E-state index contributed by atoms with van der Waals surface area (Å²) in [4.78, 5) is 32.9. The lowest BCUT2D eigenvalue weighted by molar-refractivity contribution is -0.143. The number of nitrogens with zero attached hydrogens (tertiary/aromatic N) is 2. The van der Waals surface area contributed by atoms with Crippen LogP contribution in [-0.2, 0) is 20.4 Å². The molecule has 0 bridgehead atoms. The topological polar surface area (TPSA) is 76.3 Å². The molecule has 0 spiro atoms. The number of nitrogens with two attached hydrogens (primary N) is 1. The predicted octanol–water partition coefficient (Wildman–Crippen LogP) is 3.33. The third kappa shape index (κ3) is 3.43. The number of likely N-dealkylation sites (tertiary alicyclic amines) is 1. The average Bonchev–Trinajstić information content (AvgIpc) is 2.80. The molecule has 2 fully saturated rings. The van der Waals surface area contributed by atoms with E-state index >= 15 is 0 Å². The van der Waals surface area contributed by atoms with Crippen molar-refractivity contribution in [1.82, 2.24) is 9.88 Å². The van der Waals surface area contributed by atoms with Crippen LogP contribution in [0.5, 0.6) is 0 Å². The zero-order valence-electron chi connectivity index (χ0n) is 16.8. The van der Waals surface area contributed by atoms with Crippen molar-refractivity contribution in [3.05, 3.63) is 66.0 Å². The van der Waals surface area contributed by atoms with Crippen LogP contribution in [0.2, 0.25) is 0 Å². The molecule has 152 valence electrons. The fourth-order valence-electron chi connectivity index (χ4n) is 5.25. The van der Waals surface area contributed by atoms with E-state index in [-0.39, 0.29) is 5.91 Å². The molecule has 1 saturated heterocycles. The highest BCUT2D eigenvalue weighted by atomic mass is 16.2. The number of carbonyl (C=O) groups is 2. The first-order valence-electron chi connectivity index (χ1n) is 10.6. The van der Waals surface area contributed by atoms with Gasteiger partial charge in [-0.2, -0.15) is 0 Å². The van der Waals surface area contributed by atoms with Crippen LogP contribution in [0.25, 0.3) is 0 Å². The van der Waals surface area contributed by atoms with E-state index in [2.05, 4.69) is 17.1 Å². The molecule has 5 heteroatoms. The Hall–Kier alpha value is -2.69. The predicted molar refractivity (Wildman–Crippen MR) is 112 cm³/mol. The van der Waals surface area contributed by atoms with Gasteiger partial charge in [-0.05, 0) is 43.4 Å². The van der Waals surface area contributed by atoms with Crippen molar-refractivity contribution < 1.29 is 9.59 Å². The highest BCUT2D eigenvalue weighted by Crippen LogP contribution is 2.43. The average molecular weight is 392 g/mol. The van der Waals surface area contributed by atoms with Gasteiger partial charge in [0.1, 0.15) is 5.41 Å². The van der Waals surface area contributed by atoms with Crippen LogP contribution in [0.4, 0.5) is 0 Å². The fourth-order valence-corrected chi connectivity index (χ4v) is 5.25. The van der Waals surface area contributed by atoms with E-state index in [9.17, 15) is 9.59 Å². The van der Waals surface area contributed by atoms with Crippen LogP contribution in [0.15, 0.2) is 54.7 Å². The molecule has 1 aliphatic heterocycles. The fraction of sp³-hybridized carbons (Fsp3) is 0.458. The molecule has 2 N–H and O–H groups in total. The highest BCUT2D eigenvalue weighted by Gasteiger charge is 2.49. The highest BCUT2D eigenvalue weighted by molar-refractivity contribution is 5.91. The number of carbonyl (C=O) groups excluding carboxylic acids is 2. The van der Waals surface area contributed by atoms with Gasteiger partial charge in [0.05, 0.1) is 11.1 Å². The number of benzene rings is 1. The normalized spacial score (nSPS) is 24.1. The largest absolute Gasteiger partial charge is 0.369 e. The maximum absolute atomic E-state index is 14.0. The number of primary amides is 1. The number of rotatable bonds is 4. The van der Waals surface area contributed by atoms with Crippen LogP contribution in [0.3, 0.4) is 0 Å². The van der Waals surface area contributed by atoms with Crippen LogP contribution in [-0.4, -0.2) is 34.8 Å². The maximum atomic E-state index is 14.0. The summed E-state index contributed by atoms with van der Waals surface area (Å²) in [6, 6.07) is 15.7. The third-order valence-electron chi connectivity index (χ3n) is 6.85. The van der Waals surface area contributed by atoms with Crippen molar-refractivity contribution >= 4 is 11.8 Å². The number of hydrogen-bond donors (Lipinski definition) is 1. The number of amides is 2. The molecule has 1 atom stereocenters. The Kier molecular flexibility index (Phi) is 5.39. The second-order valence-corrected chi connectivity index (χ2v) is 8.50. The summed E-state index contributed by atoms with van der Waals surface area (Å²) in [5, 5.41) is 0. The first-order chi connectivity index (χ1) is 14.1. The van der Waals surface area contributed by atoms with Gasteiger partial charge >= 0.3 is 0 Å². The van der Waals surface area contributed by atoms with Crippen LogP contribution in [0, 0.1) is 0 Å². The van der Waals surface area contributed by atoms with Crippen molar-refractivity contribution in [1.29, 1.82) is 0 Å². The van der Waals surface area contributed by atoms with Gasteiger partial charge in [0.2, 0.25) is 11.8 Å². The van der Waals surface area contributed by atoms with E-state index in [0.29, 0.717) is 25.2 Å². The molecular formula is C24H29N3O2. The van der Waals surface area contributed by atoms with Gasteiger partial charge in [-0.1, -0.05) is 55.7 Å². The quantitative estimate of drug-likeness (QED) is 0.868. The Morgan fingerprint density at radius 2 is 1.55 bits per heavy atom. The van der Waals surface area contributed by atoms with Crippen molar-refractivity contribution in [2.24, 2.45) is 5.73 Å². The Balaban J connectivity index is 1.69. The van der Waals surface area contributed by atoms with Crippen molar-refractivity contribution in [2.45, 2.75) is 55.8 Å². The summed E-state index contributed by atoms with van der Waals surface area (Å²) in [6.45, 7) is 0.974. The Morgan fingerprint density at radius 3 is 2.21 bits per heavy atom. The summed E-state index contributed by atoms with van der Waals surface area (Å²) in [5.74, 6) is -0.254.